The average Bonchev–Trinajstić information content (AvgIpc) is 4.10. The Morgan fingerprint density at radius 3 is 0.926 bits per heavy atom. The van der Waals surface area contributed by atoms with Gasteiger partial charge in [-0.05, 0) is 163 Å². The second kappa shape index (κ2) is 15.7. The van der Waals surface area contributed by atoms with Gasteiger partial charge in [-0.25, -0.2) is 0 Å². The van der Waals surface area contributed by atoms with Gasteiger partial charge in [0.1, 0.15) is 0 Å². The molecule has 0 N–H and O–H groups in total. The van der Waals surface area contributed by atoms with Crippen molar-refractivity contribution in [2.45, 2.75) is 0 Å². The van der Waals surface area contributed by atoms with Crippen LogP contribution in [0.4, 0.5) is 0 Å². The zero-order valence-corrected chi connectivity index (χ0v) is 38.5. The molecule has 0 amide bonds. The number of hydrogen-bond donors (Lipinski definition) is 0. The Morgan fingerprint density at radius 1 is 0.176 bits per heavy atom. The molecule has 0 radical (unpaired) electrons. The zero-order chi connectivity index (χ0) is 44.7. The normalized spacial score (nSPS) is 11.8. The van der Waals surface area contributed by atoms with Crippen LogP contribution in [0, 0.1) is 0 Å². The lowest BCUT2D eigenvalue weighted by Crippen LogP contribution is -1.92. The first kappa shape index (κ1) is 39.1. The van der Waals surface area contributed by atoms with E-state index in [4.69, 9.17) is 0 Å². The van der Waals surface area contributed by atoms with Crippen LogP contribution in [0.5, 0.6) is 0 Å². The van der Waals surface area contributed by atoms with Gasteiger partial charge < -0.3 is 0 Å². The molecule has 2 aromatic heterocycles. The minimum absolute atomic E-state index is 1.23. The van der Waals surface area contributed by atoms with Crippen molar-refractivity contribution in [3.05, 3.63) is 243 Å². The summed E-state index contributed by atoms with van der Waals surface area (Å²) < 4.78 is 0. The molecular formula is C66H40S2. The average molecular weight is 897 g/mol. The summed E-state index contributed by atoms with van der Waals surface area (Å²) in [6.45, 7) is 0. The van der Waals surface area contributed by atoms with Crippen molar-refractivity contribution in [1.82, 2.24) is 0 Å². The maximum Gasteiger partial charge on any atom is 0.0449 e. The van der Waals surface area contributed by atoms with Crippen LogP contribution in [0.2, 0.25) is 0 Å². The minimum atomic E-state index is 1.23. The highest BCUT2D eigenvalue weighted by atomic mass is 32.1. The lowest BCUT2D eigenvalue weighted by molar-refractivity contribution is 1.68. The summed E-state index contributed by atoms with van der Waals surface area (Å²) in [6.07, 6.45) is 0. The molecule has 12 aromatic carbocycles. The van der Waals surface area contributed by atoms with Crippen LogP contribution in [-0.2, 0) is 0 Å². The number of benzene rings is 12. The predicted molar refractivity (Wildman–Crippen MR) is 297 cm³/mol. The molecule has 68 heavy (non-hydrogen) atoms. The molecule has 0 spiro atoms. The largest absolute Gasteiger partial charge is 0.134 e. The van der Waals surface area contributed by atoms with E-state index in [-0.39, 0.29) is 0 Å². The third kappa shape index (κ3) is 6.33. The van der Waals surface area contributed by atoms with Crippen LogP contribution < -0.4 is 0 Å². The summed E-state index contributed by atoms with van der Waals surface area (Å²) in [6, 6.07) is 90.3. The molecule has 2 heterocycles. The lowest BCUT2D eigenvalue weighted by atomic mass is 9.84. The van der Waals surface area contributed by atoms with E-state index >= 15 is 0 Å². The molecule has 14 rings (SSSR count). The molecule has 0 saturated heterocycles. The van der Waals surface area contributed by atoms with Crippen LogP contribution >= 0.6 is 22.7 Å². The van der Waals surface area contributed by atoms with Gasteiger partial charge in [0.15, 0.2) is 0 Å². The van der Waals surface area contributed by atoms with E-state index in [0.29, 0.717) is 0 Å². The first-order valence-electron chi connectivity index (χ1n) is 23.3. The van der Waals surface area contributed by atoms with Gasteiger partial charge in [0.25, 0.3) is 0 Å². The maximum atomic E-state index is 2.46. The Kier molecular flexibility index (Phi) is 9.05. The molecule has 14 aromatic rings. The molecule has 0 unspecified atom stereocenters. The molecule has 0 aliphatic rings. The Labute approximate surface area is 402 Å². The van der Waals surface area contributed by atoms with Crippen molar-refractivity contribution >= 4 is 98.1 Å². The van der Waals surface area contributed by atoms with Gasteiger partial charge in [0.05, 0.1) is 0 Å². The fourth-order valence-electron chi connectivity index (χ4n) is 10.9. The molecule has 2 heteroatoms. The number of thiophene rings is 2. The highest BCUT2D eigenvalue weighted by Gasteiger charge is 2.21. The molecule has 316 valence electrons. The molecule has 0 nitrogen and oxygen atoms in total. The zero-order valence-electron chi connectivity index (χ0n) is 36.9. The molecule has 0 fully saturated rings. The first-order valence-corrected chi connectivity index (χ1v) is 24.9. The van der Waals surface area contributed by atoms with E-state index < -0.39 is 0 Å². The highest BCUT2D eigenvalue weighted by molar-refractivity contribution is 7.25. The van der Waals surface area contributed by atoms with Gasteiger partial charge in [-0.1, -0.05) is 194 Å². The fourth-order valence-corrected chi connectivity index (χ4v) is 13.1. The molecule has 0 aliphatic carbocycles. The second-order valence-electron chi connectivity index (χ2n) is 17.9. The quantitative estimate of drug-likeness (QED) is 0.146. The van der Waals surface area contributed by atoms with Crippen molar-refractivity contribution in [3.8, 4) is 64.0 Å². The van der Waals surface area contributed by atoms with Crippen LogP contribution in [0.1, 0.15) is 0 Å². The van der Waals surface area contributed by atoms with Gasteiger partial charge in [0, 0.05) is 25.1 Å². The van der Waals surface area contributed by atoms with E-state index in [2.05, 4.69) is 243 Å². The van der Waals surface area contributed by atoms with Crippen LogP contribution in [-0.4, -0.2) is 0 Å². The highest BCUT2D eigenvalue weighted by Crippen LogP contribution is 2.50. The molecule has 0 aliphatic heterocycles. The summed E-state index contributed by atoms with van der Waals surface area (Å²) in [5.41, 5.74) is 10.1. The van der Waals surface area contributed by atoms with E-state index in [1.807, 2.05) is 22.7 Å². The topological polar surface area (TPSA) is 0 Å². The Balaban J connectivity index is 0.912. The third-order valence-corrected chi connectivity index (χ3v) is 16.5. The van der Waals surface area contributed by atoms with E-state index in [1.165, 1.54) is 139 Å². The number of hydrogen-bond acceptors (Lipinski definition) is 2. The Bertz CT molecular complexity index is 4280. The summed E-state index contributed by atoms with van der Waals surface area (Å²) >= 11 is 3.78. The minimum Gasteiger partial charge on any atom is -0.134 e. The molecule has 0 bridgehead atoms. The summed E-state index contributed by atoms with van der Waals surface area (Å²) in [5, 5.41) is 17.7. The summed E-state index contributed by atoms with van der Waals surface area (Å²) in [5.74, 6) is 0. The maximum absolute atomic E-state index is 2.46. The van der Waals surface area contributed by atoms with Crippen molar-refractivity contribution in [1.29, 1.82) is 0 Å². The molecular weight excluding hydrogens is 857 g/mol. The van der Waals surface area contributed by atoms with Crippen LogP contribution in [0.15, 0.2) is 243 Å². The standard InChI is InChI=1S/C66H40S2/c1-4-16-44-37-48(28-25-41(44)13-1)63-53-21-9-11-23-55(53)66(56-24-12-10-22-54(56)63)62-36-35-61(68-62)60-34-33-59(67-60)47-31-32-57-58(40-47)65(50-30-27-43-15-3-6-18-46(43)39-50)52-20-8-7-19-51(52)64(57)49-29-26-42-14-2-5-17-45(42)38-49/h1-40H. The molecule has 0 atom stereocenters. The fraction of sp³-hybridized carbons (Fsp3) is 0. The van der Waals surface area contributed by atoms with Gasteiger partial charge in [-0.15, -0.1) is 22.7 Å². The van der Waals surface area contributed by atoms with E-state index in [0.717, 1.165) is 0 Å². The SMILES string of the molecule is c1ccc2cc(-c3c4ccccc4c(-c4ccc5ccccc5c4)c4cc(-c5ccc(-c6ccc(-c7c8ccccc8c(-c8ccc9ccccc9c8)c8ccccc78)s6)s5)ccc34)ccc2c1. The van der Waals surface area contributed by atoms with E-state index in [9.17, 15) is 0 Å². The van der Waals surface area contributed by atoms with Gasteiger partial charge in [-0.2, -0.15) is 0 Å². The lowest BCUT2D eigenvalue weighted by Gasteiger charge is -2.19. The van der Waals surface area contributed by atoms with Crippen molar-refractivity contribution in [2.24, 2.45) is 0 Å². The summed E-state index contributed by atoms with van der Waals surface area (Å²) in [4.78, 5) is 5.11. The monoisotopic (exact) mass is 896 g/mol. The predicted octanol–water partition coefficient (Wildman–Crippen LogP) is 19.9. The van der Waals surface area contributed by atoms with Crippen LogP contribution in [0.3, 0.4) is 0 Å². The smallest absolute Gasteiger partial charge is 0.0449 e. The van der Waals surface area contributed by atoms with Gasteiger partial charge in [0.2, 0.25) is 0 Å². The number of rotatable bonds is 6. The van der Waals surface area contributed by atoms with Crippen molar-refractivity contribution in [2.75, 3.05) is 0 Å². The summed E-state index contributed by atoms with van der Waals surface area (Å²) in [7, 11) is 0. The molecule has 0 saturated carbocycles. The second-order valence-corrected chi connectivity index (χ2v) is 20.1. The van der Waals surface area contributed by atoms with Gasteiger partial charge in [-0.3, -0.25) is 0 Å². The number of fused-ring (bicyclic) bond motifs is 7. The van der Waals surface area contributed by atoms with Gasteiger partial charge >= 0.3 is 0 Å². The van der Waals surface area contributed by atoms with Crippen molar-refractivity contribution < 1.29 is 0 Å². The third-order valence-electron chi connectivity index (χ3n) is 14.1. The first-order chi connectivity index (χ1) is 33.7. The van der Waals surface area contributed by atoms with Crippen molar-refractivity contribution in [3.63, 3.8) is 0 Å². The Hall–Kier alpha value is -8.14. The van der Waals surface area contributed by atoms with Crippen LogP contribution in [0.25, 0.3) is 139 Å². The Morgan fingerprint density at radius 2 is 0.485 bits per heavy atom. The van der Waals surface area contributed by atoms with E-state index in [1.54, 1.807) is 0 Å².